The van der Waals surface area contributed by atoms with E-state index in [2.05, 4.69) is 15.6 Å². The summed E-state index contributed by atoms with van der Waals surface area (Å²) in [7, 11) is 0. The Morgan fingerprint density at radius 1 is 1.48 bits per heavy atom. The van der Waals surface area contributed by atoms with Gasteiger partial charge in [-0.05, 0) is 18.2 Å². The highest BCUT2D eigenvalue weighted by atomic mass is 32.1. The molecule has 2 unspecified atom stereocenters. The molecule has 0 spiro atoms. The number of aromatic nitrogens is 1. The molecule has 1 aliphatic heterocycles. The minimum atomic E-state index is -0.400. The van der Waals surface area contributed by atoms with E-state index in [1.165, 1.54) is 11.3 Å². The molecule has 2 heterocycles. The van der Waals surface area contributed by atoms with Gasteiger partial charge >= 0.3 is 0 Å². The van der Waals surface area contributed by atoms with Crippen molar-refractivity contribution >= 4 is 17.2 Å². The molecule has 0 aliphatic carbocycles. The molecular formula is C16H19N3O3S. The van der Waals surface area contributed by atoms with Gasteiger partial charge in [0, 0.05) is 36.5 Å². The summed E-state index contributed by atoms with van der Waals surface area (Å²) in [5, 5.41) is 17.6. The van der Waals surface area contributed by atoms with Crippen molar-refractivity contribution in [1.82, 2.24) is 15.6 Å². The Balaban J connectivity index is 1.54. The van der Waals surface area contributed by atoms with E-state index < -0.39 is 6.10 Å². The third-order valence-electron chi connectivity index (χ3n) is 3.80. The van der Waals surface area contributed by atoms with Gasteiger partial charge in [0.2, 0.25) is 0 Å². The maximum Gasteiger partial charge on any atom is 0.251 e. The molecule has 1 aromatic carbocycles. The van der Waals surface area contributed by atoms with Gasteiger partial charge in [-0.15, -0.1) is 11.3 Å². The summed E-state index contributed by atoms with van der Waals surface area (Å²) < 4.78 is 5.65. The fraction of sp³-hybridized carbons (Fsp3) is 0.375. The number of thiazole rings is 1. The molecule has 7 heteroatoms. The minimum Gasteiger partial charge on any atom is -0.487 e. The van der Waals surface area contributed by atoms with Crippen molar-refractivity contribution in [3.63, 3.8) is 0 Å². The zero-order chi connectivity index (χ0) is 16.1. The number of benzene rings is 1. The summed E-state index contributed by atoms with van der Waals surface area (Å²) in [6, 6.07) is 7.06. The number of rotatable bonds is 6. The zero-order valence-corrected chi connectivity index (χ0v) is 13.4. The van der Waals surface area contributed by atoms with Gasteiger partial charge in [0.1, 0.15) is 12.4 Å². The van der Waals surface area contributed by atoms with Crippen molar-refractivity contribution in [2.45, 2.75) is 12.7 Å². The number of aliphatic hydroxyl groups excluding tert-OH is 1. The lowest BCUT2D eigenvalue weighted by atomic mass is 10.1. The lowest BCUT2D eigenvalue weighted by molar-refractivity contribution is 0.0926. The van der Waals surface area contributed by atoms with Crippen molar-refractivity contribution in [2.24, 2.45) is 5.92 Å². The van der Waals surface area contributed by atoms with Crippen LogP contribution in [0.15, 0.2) is 35.2 Å². The first-order valence-electron chi connectivity index (χ1n) is 7.49. The second kappa shape index (κ2) is 7.54. The molecule has 1 aliphatic rings. The van der Waals surface area contributed by atoms with Crippen molar-refractivity contribution < 1.29 is 14.6 Å². The molecule has 1 aromatic heterocycles. The highest BCUT2D eigenvalue weighted by molar-refractivity contribution is 7.07. The van der Waals surface area contributed by atoms with E-state index in [0.717, 1.165) is 12.2 Å². The number of ether oxygens (including phenoxy) is 1. The molecule has 1 saturated heterocycles. The summed E-state index contributed by atoms with van der Waals surface area (Å²) in [6.07, 6.45) is -0.400. The fourth-order valence-corrected chi connectivity index (χ4v) is 2.99. The molecule has 3 rings (SSSR count). The minimum absolute atomic E-state index is 0.0584. The molecule has 23 heavy (non-hydrogen) atoms. The van der Waals surface area contributed by atoms with E-state index in [0.29, 0.717) is 31.0 Å². The summed E-state index contributed by atoms with van der Waals surface area (Å²) in [5.41, 5.74) is 3.17. The van der Waals surface area contributed by atoms with Gasteiger partial charge < -0.3 is 20.5 Å². The van der Waals surface area contributed by atoms with Crippen molar-refractivity contribution in [3.05, 3.63) is 46.4 Å². The van der Waals surface area contributed by atoms with Crippen LogP contribution in [0.5, 0.6) is 5.75 Å². The van der Waals surface area contributed by atoms with Crippen molar-refractivity contribution in [2.75, 3.05) is 19.6 Å². The molecule has 6 nitrogen and oxygen atoms in total. The van der Waals surface area contributed by atoms with Gasteiger partial charge in [0.05, 0.1) is 17.3 Å². The van der Waals surface area contributed by atoms with Crippen LogP contribution in [0.4, 0.5) is 0 Å². The number of carbonyl (C=O) groups excluding carboxylic acids is 1. The average molecular weight is 333 g/mol. The van der Waals surface area contributed by atoms with Gasteiger partial charge in [0.25, 0.3) is 5.91 Å². The number of nitrogens with one attached hydrogen (secondary N) is 2. The Bertz CT molecular complexity index is 648. The largest absolute Gasteiger partial charge is 0.487 e. The monoisotopic (exact) mass is 333 g/mol. The maximum absolute atomic E-state index is 12.2. The molecule has 0 bridgehead atoms. The number of hydrogen-bond donors (Lipinski definition) is 3. The molecule has 0 saturated carbocycles. The molecule has 1 amide bonds. The predicted octanol–water partition coefficient (Wildman–Crippen LogP) is 1.03. The van der Waals surface area contributed by atoms with Gasteiger partial charge in [-0.2, -0.15) is 0 Å². The van der Waals surface area contributed by atoms with E-state index >= 15 is 0 Å². The quantitative estimate of drug-likeness (QED) is 0.735. The van der Waals surface area contributed by atoms with E-state index in [-0.39, 0.29) is 11.8 Å². The van der Waals surface area contributed by atoms with E-state index in [1.54, 1.807) is 23.7 Å². The number of amides is 1. The topological polar surface area (TPSA) is 83.5 Å². The van der Waals surface area contributed by atoms with Crippen LogP contribution in [0.25, 0.3) is 0 Å². The standard InChI is InChI=1S/C16H19N3O3S/c20-15-7-17-5-12(15)6-18-16(21)11-2-1-3-14(4-11)22-8-13-9-23-10-19-13/h1-4,9-10,12,15,17,20H,5-8H2,(H,18,21). The van der Waals surface area contributed by atoms with E-state index in [1.807, 2.05) is 11.4 Å². The number of hydrogen-bond acceptors (Lipinski definition) is 6. The van der Waals surface area contributed by atoms with Crippen LogP contribution in [-0.4, -0.2) is 41.7 Å². The van der Waals surface area contributed by atoms with Gasteiger partial charge in [-0.3, -0.25) is 4.79 Å². The summed E-state index contributed by atoms with van der Waals surface area (Å²) in [6.45, 7) is 2.14. The van der Waals surface area contributed by atoms with E-state index in [9.17, 15) is 9.90 Å². The Morgan fingerprint density at radius 3 is 3.13 bits per heavy atom. The van der Waals surface area contributed by atoms with Crippen molar-refractivity contribution in [3.8, 4) is 5.75 Å². The lowest BCUT2D eigenvalue weighted by Gasteiger charge is -2.14. The highest BCUT2D eigenvalue weighted by Gasteiger charge is 2.25. The summed E-state index contributed by atoms with van der Waals surface area (Å²) in [5.74, 6) is 0.527. The SMILES string of the molecule is O=C(NCC1CNCC1O)c1cccc(OCc2cscn2)c1. The van der Waals surface area contributed by atoms with E-state index in [4.69, 9.17) is 4.74 Å². The molecule has 2 aromatic rings. The smallest absolute Gasteiger partial charge is 0.251 e. The first-order chi connectivity index (χ1) is 11.2. The molecule has 122 valence electrons. The maximum atomic E-state index is 12.2. The average Bonchev–Trinajstić information content (AvgIpc) is 3.22. The third-order valence-corrected chi connectivity index (χ3v) is 4.43. The lowest BCUT2D eigenvalue weighted by Crippen LogP contribution is -2.34. The first kappa shape index (κ1) is 15.9. The normalized spacial score (nSPS) is 20.4. The molecule has 1 fully saturated rings. The van der Waals surface area contributed by atoms with Crippen LogP contribution in [0.3, 0.4) is 0 Å². The van der Waals surface area contributed by atoms with Crippen LogP contribution >= 0.6 is 11.3 Å². The van der Waals surface area contributed by atoms with Crippen LogP contribution in [0, 0.1) is 5.92 Å². The van der Waals surface area contributed by atoms with Gasteiger partial charge in [0.15, 0.2) is 0 Å². The molecule has 0 radical (unpaired) electrons. The Hall–Kier alpha value is -1.96. The van der Waals surface area contributed by atoms with Crippen LogP contribution in [-0.2, 0) is 6.61 Å². The fourth-order valence-electron chi connectivity index (χ4n) is 2.45. The zero-order valence-electron chi connectivity index (χ0n) is 12.6. The second-order valence-corrected chi connectivity index (χ2v) is 6.21. The Labute approximate surface area is 138 Å². The predicted molar refractivity (Wildman–Crippen MR) is 87.6 cm³/mol. The van der Waals surface area contributed by atoms with Crippen LogP contribution in [0.1, 0.15) is 16.1 Å². The molecule has 3 N–H and O–H groups in total. The highest BCUT2D eigenvalue weighted by Crippen LogP contribution is 2.16. The van der Waals surface area contributed by atoms with Gasteiger partial charge in [-0.25, -0.2) is 4.98 Å². The third kappa shape index (κ3) is 4.28. The Morgan fingerprint density at radius 2 is 2.39 bits per heavy atom. The summed E-state index contributed by atoms with van der Waals surface area (Å²) >= 11 is 1.52. The Kier molecular flexibility index (Phi) is 5.22. The molecule has 2 atom stereocenters. The number of aliphatic hydroxyl groups is 1. The number of nitrogens with zero attached hydrogens (tertiary/aromatic N) is 1. The van der Waals surface area contributed by atoms with Crippen molar-refractivity contribution in [1.29, 1.82) is 0 Å². The number of carbonyl (C=O) groups is 1. The summed E-state index contributed by atoms with van der Waals surface area (Å²) in [4.78, 5) is 16.4. The van der Waals surface area contributed by atoms with Crippen LogP contribution in [0.2, 0.25) is 0 Å². The molecular weight excluding hydrogens is 314 g/mol. The second-order valence-electron chi connectivity index (χ2n) is 5.49. The van der Waals surface area contributed by atoms with Gasteiger partial charge in [-0.1, -0.05) is 6.07 Å². The number of β-amino-alcohol motifs (C(OH)–C–C–N with tert-alkyl or cyclic N) is 1. The van der Waals surface area contributed by atoms with Crippen LogP contribution < -0.4 is 15.4 Å². The first-order valence-corrected chi connectivity index (χ1v) is 8.43.